The Kier molecular flexibility index (Phi) is 8.15. The monoisotopic (exact) mass is 422 g/mol. The molecule has 0 unspecified atom stereocenters. The van der Waals surface area contributed by atoms with Crippen LogP contribution in [0.3, 0.4) is 0 Å². The number of methoxy groups -OCH3 is 1. The maximum absolute atomic E-state index is 13.1. The van der Waals surface area contributed by atoms with E-state index in [0.717, 1.165) is 5.56 Å². The molecule has 2 aromatic carbocycles. The Morgan fingerprint density at radius 1 is 1.14 bits per heavy atom. The summed E-state index contributed by atoms with van der Waals surface area (Å²) >= 11 is 12.4. The molecule has 7 heteroatoms. The van der Waals surface area contributed by atoms with Gasteiger partial charge in [0.1, 0.15) is 11.8 Å². The fraction of sp³-hybridized carbons (Fsp3) is 0.333. The lowest BCUT2D eigenvalue weighted by Gasteiger charge is -2.29. The van der Waals surface area contributed by atoms with Gasteiger partial charge in [0, 0.05) is 23.1 Å². The number of likely N-dealkylation sites (N-methyl/N-ethyl adjacent to an activating group) is 1. The van der Waals surface area contributed by atoms with Crippen LogP contribution in [0.2, 0.25) is 10.0 Å². The van der Waals surface area contributed by atoms with Gasteiger partial charge in [0.15, 0.2) is 0 Å². The molecule has 0 saturated carbocycles. The van der Waals surface area contributed by atoms with Gasteiger partial charge in [0.25, 0.3) is 0 Å². The first-order valence-corrected chi connectivity index (χ1v) is 9.76. The minimum Gasteiger partial charge on any atom is -0.497 e. The zero-order valence-electron chi connectivity index (χ0n) is 16.2. The van der Waals surface area contributed by atoms with E-state index >= 15 is 0 Å². The second kappa shape index (κ2) is 10.3. The second-order valence-electron chi connectivity index (χ2n) is 6.32. The van der Waals surface area contributed by atoms with E-state index in [1.807, 2.05) is 31.2 Å². The maximum Gasteiger partial charge on any atom is 0.242 e. The van der Waals surface area contributed by atoms with E-state index in [2.05, 4.69) is 5.32 Å². The first kappa shape index (κ1) is 22.1. The number of rotatable bonds is 8. The normalized spacial score (nSPS) is 11.6. The molecule has 0 aliphatic carbocycles. The number of carbonyl (C=O) groups excluding carboxylic acids is 2. The quantitative estimate of drug-likeness (QED) is 0.696. The number of carbonyl (C=O) groups is 2. The summed E-state index contributed by atoms with van der Waals surface area (Å²) < 4.78 is 5.25. The van der Waals surface area contributed by atoms with E-state index in [9.17, 15) is 9.59 Å². The molecule has 0 aromatic heterocycles. The molecule has 0 radical (unpaired) electrons. The molecule has 150 valence electrons. The molecule has 2 amide bonds. The lowest BCUT2D eigenvalue weighted by atomic mass is 10.1. The predicted octanol–water partition coefficient (Wildman–Crippen LogP) is 4.10. The van der Waals surface area contributed by atoms with Crippen LogP contribution in [0.15, 0.2) is 42.5 Å². The number of nitrogens with zero attached hydrogens (tertiary/aromatic N) is 1. The van der Waals surface area contributed by atoms with Crippen LogP contribution in [0.4, 0.5) is 0 Å². The van der Waals surface area contributed by atoms with Crippen LogP contribution in [-0.4, -0.2) is 36.4 Å². The van der Waals surface area contributed by atoms with Crippen LogP contribution < -0.4 is 10.1 Å². The summed E-state index contributed by atoms with van der Waals surface area (Å²) in [6, 6.07) is 11.9. The number of halogens is 2. The number of ether oxygens (including phenoxy) is 1. The van der Waals surface area contributed by atoms with Crippen LogP contribution in [0.5, 0.6) is 5.75 Å². The van der Waals surface area contributed by atoms with Crippen molar-refractivity contribution in [3.63, 3.8) is 0 Å². The number of amides is 2. The first-order chi connectivity index (χ1) is 13.4. The summed E-state index contributed by atoms with van der Waals surface area (Å²) in [5.74, 6) is 0.227. The summed E-state index contributed by atoms with van der Waals surface area (Å²) in [6.45, 7) is 4.29. The van der Waals surface area contributed by atoms with Gasteiger partial charge in [0.2, 0.25) is 11.8 Å². The average Bonchev–Trinajstić information content (AvgIpc) is 2.68. The van der Waals surface area contributed by atoms with Gasteiger partial charge in [-0.3, -0.25) is 9.59 Å². The summed E-state index contributed by atoms with van der Waals surface area (Å²) in [5, 5.41) is 3.61. The van der Waals surface area contributed by atoms with Gasteiger partial charge in [-0.05, 0) is 49.2 Å². The second-order valence-corrected chi connectivity index (χ2v) is 7.14. The van der Waals surface area contributed by atoms with Gasteiger partial charge in [-0.15, -0.1) is 0 Å². The highest BCUT2D eigenvalue weighted by atomic mass is 35.5. The summed E-state index contributed by atoms with van der Waals surface area (Å²) in [4.78, 5) is 27.1. The summed E-state index contributed by atoms with van der Waals surface area (Å²) in [7, 11) is 1.58. The van der Waals surface area contributed by atoms with Crippen molar-refractivity contribution in [2.45, 2.75) is 32.9 Å². The third-order valence-electron chi connectivity index (χ3n) is 4.40. The molecule has 1 atom stereocenters. The van der Waals surface area contributed by atoms with Gasteiger partial charge in [-0.25, -0.2) is 0 Å². The van der Waals surface area contributed by atoms with Crippen molar-refractivity contribution in [3.05, 3.63) is 63.6 Å². The Morgan fingerprint density at radius 2 is 1.79 bits per heavy atom. The zero-order chi connectivity index (χ0) is 20.7. The smallest absolute Gasteiger partial charge is 0.242 e. The molecule has 0 saturated heterocycles. The van der Waals surface area contributed by atoms with Gasteiger partial charge in [-0.2, -0.15) is 0 Å². The van der Waals surface area contributed by atoms with E-state index in [1.54, 1.807) is 32.2 Å². The van der Waals surface area contributed by atoms with Crippen molar-refractivity contribution in [2.24, 2.45) is 0 Å². The Hall–Kier alpha value is -2.24. The number of hydrogen-bond acceptors (Lipinski definition) is 3. The Balaban J connectivity index is 2.31. The zero-order valence-corrected chi connectivity index (χ0v) is 17.7. The predicted molar refractivity (Wildman–Crippen MR) is 112 cm³/mol. The van der Waals surface area contributed by atoms with Crippen molar-refractivity contribution in [1.29, 1.82) is 0 Å². The van der Waals surface area contributed by atoms with Crippen LogP contribution in [-0.2, 0) is 22.6 Å². The molecule has 0 fully saturated rings. The molecule has 0 heterocycles. The lowest BCUT2D eigenvalue weighted by Crippen LogP contribution is -2.48. The highest BCUT2D eigenvalue weighted by Crippen LogP contribution is 2.26. The van der Waals surface area contributed by atoms with E-state index in [4.69, 9.17) is 27.9 Å². The molecule has 0 aliphatic heterocycles. The van der Waals surface area contributed by atoms with Gasteiger partial charge in [0.05, 0.1) is 13.5 Å². The Bertz CT molecular complexity index is 822. The number of benzene rings is 2. The highest BCUT2D eigenvalue weighted by molar-refractivity contribution is 6.36. The molecule has 28 heavy (non-hydrogen) atoms. The largest absolute Gasteiger partial charge is 0.497 e. The minimum absolute atomic E-state index is 0.00617. The molecule has 0 bridgehead atoms. The van der Waals surface area contributed by atoms with Crippen molar-refractivity contribution < 1.29 is 14.3 Å². The fourth-order valence-corrected chi connectivity index (χ4v) is 3.36. The maximum atomic E-state index is 13.1. The van der Waals surface area contributed by atoms with Crippen LogP contribution in [0.1, 0.15) is 25.0 Å². The lowest BCUT2D eigenvalue weighted by molar-refractivity contribution is -0.140. The molecule has 5 nitrogen and oxygen atoms in total. The van der Waals surface area contributed by atoms with Crippen molar-refractivity contribution in [2.75, 3.05) is 13.7 Å². The van der Waals surface area contributed by atoms with E-state index in [0.29, 0.717) is 27.9 Å². The molecule has 0 spiro atoms. The van der Waals surface area contributed by atoms with Gasteiger partial charge < -0.3 is 15.0 Å². The topological polar surface area (TPSA) is 58.6 Å². The summed E-state index contributed by atoms with van der Waals surface area (Å²) in [6.07, 6.45) is 0.00617. The van der Waals surface area contributed by atoms with Crippen LogP contribution >= 0.6 is 23.2 Å². The standard InChI is InChI=1S/C21H24Cl2N2O3/c1-4-24-21(27)14(2)25(13-15-7-5-8-16(11-15)28-3)20(26)12-17-18(22)9-6-10-19(17)23/h5-11,14H,4,12-13H2,1-3H3,(H,24,27)/t14-/m0/s1. The molecule has 1 N–H and O–H groups in total. The number of nitrogens with one attached hydrogen (secondary N) is 1. The van der Waals surface area contributed by atoms with Crippen LogP contribution in [0.25, 0.3) is 0 Å². The van der Waals surface area contributed by atoms with E-state index < -0.39 is 6.04 Å². The molecular formula is C21H24Cl2N2O3. The van der Waals surface area contributed by atoms with E-state index in [-0.39, 0.29) is 24.8 Å². The fourth-order valence-electron chi connectivity index (χ4n) is 2.83. The average molecular weight is 423 g/mol. The Labute approximate surface area is 175 Å². The van der Waals surface area contributed by atoms with Crippen molar-refractivity contribution >= 4 is 35.0 Å². The van der Waals surface area contributed by atoms with Crippen molar-refractivity contribution in [3.8, 4) is 5.75 Å². The minimum atomic E-state index is -0.653. The third-order valence-corrected chi connectivity index (χ3v) is 5.10. The Morgan fingerprint density at radius 3 is 2.39 bits per heavy atom. The van der Waals surface area contributed by atoms with Gasteiger partial charge in [-0.1, -0.05) is 41.4 Å². The van der Waals surface area contributed by atoms with Gasteiger partial charge >= 0.3 is 0 Å². The SMILES string of the molecule is CCNC(=O)[C@H](C)N(Cc1cccc(OC)c1)C(=O)Cc1c(Cl)cccc1Cl. The molecule has 2 aromatic rings. The van der Waals surface area contributed by atoms with E-state index in [1.165, 1.54) is 4.90 Å². The van der Waals surface area contributed by atoms with Crippen molar-refractivity contribution in [1.82, 2.24) is 10.2 Å². The van der Waals surface area contributed by atoms with Crippen LogP contribution in [0, 0.1) is 0 Å². The first-order valence-electron chi connectivity index (χ1n) is 9.00. The summed E-state index contributed by atoms with van der Waals surface area (Å²) in [5.41, 5.74) is 1.41. The number of hydrogen-bond donors (Lipinski definition) is 1. The molecule has 2 rings (SSSR count). The molecular weight excluding hydrogens is 399 g/mol. The third kappa shape index (κ3) is 5.63. The molecule has 0 aliphatic rings. The highest BCUT2D eigenvalue weighted by Gasteiger charge is 2.27.